The van der Waals surface area contributed by atoms with Gasteiger partial charge in [-0.15, -0.1) is 11.8 Å². The van der Waals surface area contributed by atoms with Crippen molar-refractivity contribution in [3.8, 4) is 11.8 Å². The normalized spacial score (nSPS) is 21.6. The van der Waals surface area contributed by atoms with Crippen LogP contribution in [-0.4, -0.2) is 47.7 Å². The summed E-state index contributed by atoms with van der Waals surface area (Å²) in [6, 6.07) is 0.0890. The van der Waals surface area contributed by atoms with Gasteiger partial charge < -0.3 is 14.7 Å². The first kappa shape index (κ1) is 23.5. The second-order valence-corrected chi connectivity index (χ2v) is 8.36. The number of carbonyl (C=O) groups is 2. The fraction of sp³-hybridized carbons (Fsp3) is 0.750. The zero-order valence-corrected chi connectivity index (χ0v) is 18.1. The maximum atomic E-state index is 12.3. The van der Waals surface area contributed by atoms with Crippen LogP contribution >= 0.6 is 0 Å². The van der Waals surface area contributed by atoms with Gasteiger partial charge in [0.1, 0.15) is 0 Å². The minimum atomic E-state index is -0.488. The molecular weight excluding hydrogens is 366 g/mol. The number of aliphatic hydroxyl groups excluding tert-OH is 1. The van der Waals surface area contributed by atoms with Crippen LogP contribution in [0.3, 0.4) is 0 Å². The van der Waals surface area contributed by atoms with Gasteiger partial charge in [0.2, 0.25) is 5.91 Å². The van der Waals surface area contributed by atoms with Gasteiger partial charge >= 0.3 is 5.97 Å². The summed E-state index contributed by atoms with van der Waals surface area (Å²) in [5.74, 6) is 6.39. The molecule has 0 aromatic carbocycles. The van der Waals surface area contributed by atoms with E-state index < -0.39 is 6.10 Å². The Kier molecular flexibility index (Phi) is 9.73. The Bertz CT molecular complexity index is 627. The number of hydrogen-bond donors (Lipinski definition) is 1. The van der Waals surface area contributed by atoms with E-state index in [9.17, 15) is 14.7 Å². The Morgan fingerprint density at radius 3 is 2.72 bits per heavy atom. The van der Waals surface area contributed by atoms with E-state index in [0.29, 0.717) is 12.8 Å². The number of ether oxygens (including phenoxy) is 1. The Labute approximate surface area is 175 Å². The molecule has 2 atom stereocenters. The quantitative estimate of drug-likeness (QED) is 0.245. The Hall–Kier alpha value is -1.80. The van der Waals surface area contributed by atoms with Crippen LogP contribution in [0.25, 0.3) is 0 Å². The van der Waals surface area contributed by atoms with Crippen molar-refractivity contribution in [2.45, 2.75) is 96.1 Å². The number of likely N-dealkylation sites (tertiary alicyclic amines) is 1. The number of hydrogen-bond acceptors (Lipinski definition) is 4. The van der Waals surface area contributed by atoms with Gasteiger partial charge in [-0.25, -0.2) is 0 Å². The molecule has 0 bridgehead atoms. The number of unbranched alkanes of at least 4 members (excludes halogenated alkanes) is 3. The molecule has 1 amide bonds. The topological polar surface area (TPSA) is 66.8 Å². The molecular formula is C24H37NO4. The Balaban J connectivity index is 1.79. The molecule has 162 valence electrons. The summed E-state index contributed by atoms with van der Waals surface area (Å²) in [6.45, 7) is 2.79. The highest BCUT2D eigenvalue weighted by Gasteiger charge is 2.42. The predicted octanol–water partition coefficient (Wildman–Crippen LogP) is 3.99. The van der Waals surface area contributed by atoms with Crippen LogP contribution in [0.15, 0.2) is 12.2 Å². The molecule has 2 fully saturated rings. The number of esters is 1. The molecule has 0 radical (unpaired) electrons. The summed E-state index contributed by atoms with van der Waals surface area (Å²) in [5.41, 5.74) is -0.0915. The van der Waals surface area contributed by atoms with Crippen LogP contribution in [0.1, 0.15) is 84.0 Å². The zero-order chi connectivity index (χ0) is 21.1. The van der Waals surface area contributed by atoms with Crippen molar-refractivity contribution < 1.29 is 19.4 Å². The first-order valence-corrected chi connectivity index (χ1v) is 11.2. The first-order chi connectivity index (χ1) is 14.0. The molecule has 1 saturated heterocycles. The molecule has 5 heteroatoms. The van der Waals surface area contributed by atoms with Crippen molar-refractivity contribution in [2.75, 3.05) is 13.7 Å². The lowest BCUT2D eigenvalue weighted by molar-refractivity contribution is -0.140. The molecule has 0 unspecified atom stereocenters. The van der Waals surface area contributed by atoms with Crippen molar-refractivity contribution in [1.29, 1.82) is 0 Å². The molecule has 0 aromatic heterocycles. The van der Waals surface area contributed by atoms with Gasteiger partial charge in [0.25, 0.3) is 0 Å². The molecule has 0 spiro atoms. The Morgan fingerprint density at radius 1 is 1.31 bits per heavy atom. The molecule has 1 heterocycles. The van der Waals surface area contributed by atoms with E-state index in [1.807, 2.05) is 24.0 Å². The number of carbonyl (C=O) groups excluding carboxylic acids is 2. The maximum absolute atomic E-state index is 12.3. The molecule has 1 aliphatic carbocycles. The SMILES string of the molecule is CCC#CCC1([C@H](O)/C=C/[C@H]2CCC(=O)N2CCCCCCC(=O)OC)CCC1. The average molecular weight is 404 g/mol. The van der Waals surface area contributed by atoms with Crippen LogP contribution in [0, 0.1) is 17.3 Å². The van der Waals surface area contributed by atoms with E-state index in [1.54, 1.807) is 0 Å². The van der Waals surface area contributed by atoms with E-state index in [2.05, 4.69) is 16.6 Å². The second kappa shape index (κ2) is 12.0. The summed E-state index contributed by atoms with van der Waals surface area (Å²) in [6.07, 6.45) is 13.9. The predicted molar refractivity (Wildman–Crippen MR) is 114 cm³/mol. The van der Waals surface area contributed by atoms with E-state index in [1.165, 1.54) is 7.11 Å². The summed E-state index contributed by atoms with van der Waals surface area (Å²) in [7, 11) is 1.41. The lowest BCUT2D eigenvalue weighted by Gasteiger charge is -2.43. The molecule has 1 N–H and O–H groups in total. The van der Waals surface area contributed by atoms with Crippen molar-refractivity contribution in [3.05, 3.63) is 12.2 Å². The fourth-order valence-corrected chi connectivity index (χ4v) is 4.26. The second-order valence-electron chi connectivity index (χ2n) is 8.36. The van der Waals surface area contributed by atoms with Crippen LogP contribution in [0.2, 0.25) is 0 Å². The van der Waals surface area contributed by atoms with E-state index in [-0.39, 0.29) is 23.3 Å². The lowest BCUT2D eigenvalue weighted by Crippen LogP contribution is -2.40. The number of amides is 1. The van der Waals surface area contributed by atoms with Crippen LogP contribution in [0.5, 0.6) is 0 Å². The van der Waals surface area contributed by atoms with Gasteiger partial charge in [-0.2, -0.15) is 0 Å². The minimum absolute atomic E-state index is 0.0890. The first-order valence-electron chi connectivity index (χ1n) is 11.2. The zero-order valence-electron chi connectivity index (χ0n) is 18.1. The van der Waals surface area contributed by atoms with Crippen molar-refractivity contribution in [1.82, 2.24) is 4.90 Å². The molecule has 5 nitrogen and oxygen atoms in total. The Morgan fingerprint density at radius 2 is 2.07 bits per heavy atom. The highest BCUT2D eigenvalue weighted by atomic mass is 16.5. The number of methoxy groups -OCH3 is 1. The van der Waals surface area contributed by atoms with Crippen LogP contribution in [0.4, 0.5) is 0 Å². The summed E-state index contributed by atoms with van der Waals surface area (Å²) < 4.78 is 4.65. The summed E-state index contributed by atoms with van der Waals surface area (Å²) >= 11 is 0. The van der Waals surface area contributed by atoms with E-state index >= 15 is 0 Å². The minimum Gasteiger partial charge on any atom is -0.469 e. The molecule has 1 aliphatic heterocycles. The third kappa shape index (κ3) is 6.89. The average Bonchev–Trinajstić information content (AvgIpc) is 3.04. The number of rotatable bonds is 11. The van der Waals surface area contributed by atoms with Crippen molar-refractivity contribution in [3.63, 3.8) is 0 Å². The van der Waals surface area contributed by atoms with Gasteiger partial charge in [0.05, 0.1) is 19.3 Å². The molecule has 2 rings (SSSR count). The number of nitrogens with zero attached hydrogens (tertiary/aromatic N) is 1. The monoisotopic (exact) mass is 403 g/mol. The van der Waals surface area contributed by atoms with Gasteiger partial charge in [-0.05, 0) is 32.1 Å². The molecule has 1 saturated carbocycles. The summed E-state index contributed by atoms with van der Waals surface area (Å²) in [4.78, 5) is 25.3. The van der Waals surface area contributed by atoms with Gasteiger partial charge in [-0.1, -0.05) is 38.3 Å². The number of aliphatic hydroxyl groups is 1. The highest BCUT2D eigenvalue weighted by Crippen LogP contribution is 2.47. The maximum Gasteiger partial charge on any atom is 0.305 e. The fourth-order valence-electron chi connectivity index (χ4n) is 4.26. The largest absolute Gasteiger partial charge is 0.469 e. The lowest BCUT2D eigenvalue weighted by atomic mass is 9.63. The van der Waals surface area contributed by atoms with E-state index in [4.69, 9.17) is 0 Å². The van der Waals surface area contributed by atoms with E-state index in [0.717, 1.165) is 70.8 Å². The van der Waals surface area contributed by atoms with Gasteiger partial charge in [0.15, 0.2) is 0 Å². The van der Waals surface area contributed by atoms with Crippen LogP contribution < -0.4 is 0 Å². The smallest absolute Gasteiger partial charge is 0.305 e. The highest BCUT2D eigenvalue weighted by molar-refractivity contribution is 5.79. The molecule has 2 aliphatic rings. The van der Waals surface area contributed by atoms with Crippen molar-refractivity contribution >= 4 is 11.9 Å². The standard InChI is InChI=1S/C24H37NO4/c1-3-4-8-16-24(17-10-18-24)21(26)14-12-20-13-15-22(27)25(20)19-9-6-5-7-11-23(28)29-2/h12,14,20-21,26H,3,5-7,9-11,13,15-19H2,1-2H3/b14-12+/t20-,21+/m0/s1. The van der Waals surface area contributed by atoms with Crippen molar-refractivity contribution in [2.24, 2.45) is 5.41 Å². The van der Waals surface area contributed by atoms with Gasteiger partial charge in [-0.3, -0.25) is 9.59 Å². The molecule has 29 heavy (non-hydrogen) atoms. The van der Waals surface area contributed by atoms with Crippen LogP contribution in [-0.2, 0) is 14.3 Å². The molecule has 0 aromatic rings. The third-order valence-corrected chi connectivity index (χ3v) is 6.37. The third-order valence-electron chi connectivity index (χ3n) is 6.37. The summed E-state index contributed by atoms with van der Waals surface area (Å²) in [5, 5.41) is 10.8. The van der Waals surface area contributed by atoms with Gasteiger partial charge in [0, 0.05) is 37.6 Å².